The van der Waals surface area contributed by atoms with Crippen LogP contribution in [0.2, 0.25) is 0 Å². The van der Waals surface area contributed by atoms with E-state index >= 15 is 0 Å². The first kappa shape index (κ1) is 13.1. The van der Waals surface area contributed by atoms with Crippen molar-refractivity contribution < 1.29 is 19.8 Å². The Balaban J connectivity index is 3.28. The fourth-order valence-electron chi connectivity index (χ4n) is 1.39. The van der Waals surface area contributed by atoms with E-state index in [0.29, 0.717) is 0 Å². The minimum atomic E-state index is -2.39. The van der Waals surface area contributed by atoms with Crippen LogP contribution in [0.3, 0.4) is 0 Å². The maximum absolute atomic E-state index is 12.0. The highest BCUT2D eigenvalue weighted by molar-refractivity contribution is 6.18. The van der Waals surface area contributed by atoms with Gasteiger partial charge in [0.05, 0.1) is 6.10 Å². The molecule has 0 radical (unpaired) electrons. The van der Waals surface area contributed by atoms with Crippen molar-refractivity contribution in [3.8, 4) is 0 Å². The first-order valence-corrected chi connectivity index (χ1v) is 4.91. The van der Waals surface area contributed by atoms with Gasteiger partial charge in [-0.1, -0.05) is 12.1 Å². The standard InChI is InChI=1S/C11H14N2O4/c1-6(14)11(13,10(16)17)9(15)7-4-2-3-5-8(7)12/h2-6,14H,12-13H2,1H3,(H,16,17). The predicted molar refractivity (Wildman–Crippen MR) is 61.4 cm³/mol. The quantitative estimate of drug-likeness (QED) is 0.321. The number of carbonyl (C=O) groups is 2. The summed E-state index contributed by atoms with van der Waals surface area (Å²) >= 11 is 0. The molecule has 1 aromatic carbocycles. The number of carboxylic acid groups (broad SMARTS) is 1. The van der Waals surface area contributed by atoms with E-state index in [4.69, 9.17) is 16.6 Å². The molecule has 0 aliphatic carbocycles. The number of nitrogens with two attached hydrogens (primary N) is 2. The highest BCUT2D eigenvalue weighted by Crippen LogP contribution is 2.20. The zero-order chi connectivity index (χ0) is 13.2. The minimum absolute atomic E-state index is 0.0155. The lowest BCUT2D eigenvalue weighted by molar-refractivity contribution is -0.144. The summed E-state index contributed by atoms with van der Waals surface area (Å²) < 4.78 is 0. The van der Waals surface area contributed by atoms with Crippen molar-refractivity contribution in [2.75, 3.05) is 5.73 Å². The van der Waals surface area contributed by atoms with E-state index in [0.717, 1.165) is 6.92 Å². The molecular formula is C11H14N2O4. The van der Waals surface area contributed by atoms with Crippen molar-refractivity contribution in [3.63, 3.8) is 0 Å². The third kappa shape index (κ3) is 2.13. The van der Waals surface area contributed by atoms with Crippen LogP contribution < -0.4 is 11.5 Å². The van der Waals surface area contributed by atoms with Crippen LogP contribution in [0.1, 0.15) is 17.3 Å². The summed E-state index contributed by atoms with van der Waals surface area (Å²) in [5, 5.41) is 18.4. The van der Waals surface area contributed by atoms with E-state index in [9.17, 15) is 14.7 Å². The summed E-state index contributed by atoms with van der Waals surface area (Å²) in [4.78, 5) is 23.1. The number of hydrogen-bond acceptors (Lipinski definition) is 5. The van der Waals surface area contributed by atoms with E-state index < -0.39 is 23.4 Å². The molecule has 92 valence electrons. The Morgan fingerprint density at radius 1 is 1.35 bits per heavy atom. The molecule has 0 heterocycles. The molecule has 0 spiro atoms. The van der Waals surface area contributed by atoms with Crippen LogP contribution in [0.25, 0.3) is 0 Å². The maximum Gasteiger partial charge on any atom is 0.334 e. The third-order valence-electron chi connectivity index (χ3n) is 2.59. The van der Waals surface area contributed by atoms with Crippen molar-refractivity contribution in [1.29, 1.82) is 0 Å². The molecule has 1 rings (SSSR count). The van der Waals surface area contributed by atoms with Gasteiger partial charge in [-0.25, -0.2) is 4.79 Å². The fraction of sp³-hybridized carbons (Fsp3) is 0.273. The highest BCUT2D eigenvalue weighted by Gasteiger charge is 2.47. The molecule has 17 heavy (non-hydrogen) atoms. The third-order valence-corrected chi connectivity index (χ3v) is 2.59. The number of hydrogen-bond donors (Lipinski definition) is 4. The number of aliphatic hydroxyl groups excluding tert-OH is 1. The fourth-order valence-corrected chi connectivity index (χ4v) is 1.39. The molecule has 6 N–H and O–H groups in total. The van der Waals surface area contributed by atoms with Gasteiger partial charge in [0.2, 0.25) is 5.54 Å². The van der Waals surface area contributed by atoms with E-state index in [1.807, 2.05) is 0 Å². The van der Waals surface area contributed by atoms with Crippen molar-refractivity contribution in [2.24, 2.45) is 5.73 Å². The average molecular weight is 238 g/mol. The molecule has 0 saturated heterocycles. The predicted octanol–water partition coefficient (Wildman–Crippen LogP) is -0.386. The zero-order valence-electron chi connectivity index (χ0n) is 9.25. The van der Waals surface area contributed by atoms with Crippen molar-refractivity contribution in [3.05, 3.63) is 29.8 Å². The average Bonchev–Trinajstić information content (AvgIpc) is 2.27. The number of ketones is 1. The molecule has 6 nitrogen and oxygen atoms in total. The summed E-state index contributed by atoms with van der Waals surface area (Å²) in [7, 11) is 0. The first-order valence-electron chi connectivity index (χ1n) is 4.91. The summed E-state index contributed by atoms with van der Waals surface area (Å²) in [5.41, 5.74) is 8.75. The second-order valence-corrected chi connectivity index (χ2v) is 3.77. The maximum atomic E-state index is 12.0. The van der Waals surface area contributed by atoms with Crippen LogP contribution in [0, 0.1) is 0 Å². The van der Waals surface area contributed by atoms with Crippen LogP contribution >= 0.6 is 0 Å². The van der Waals surface area contributed by atoms with Crippen LogP contribution in [0.15, 0.2) is 24.3 Å². The molecule has 0 saturated carbocycles. The van der Waals surface area contributed by atoms with E-state index in [1.165, 1.54) is 18.2 Å². The van der Waals surface area contributed by atoms with Crippen LogP contribution in [-0.2, 0) is 4.79 Å². The second-order valence-electron chi connectivity index (χ2n) is 3.77. The summed E-state index contributed by atoms with van der Waals surface area (Å²) in [5.74, 6) is -2.51. The van der Waals surface area contributed by atoms with E-state index in [2.05, 4.69) is 0 Å². The monoisotopic (exact) mass is 238 g/mol. The summed E-state index contributed by atoms with van der Waals surface area (Å²) in [6.45, 7) is 1.14. The normalized spacial score (nSPS) is 15.9. The number of carboxylic acids is 1. The number of aliphatic hydroxyl groups is 1. The number of nitrogen functional groups attached to an aromatic ring is 1. The SMILES string of the molecule is CC(O)C(N)(C(=O)O)C(=O)c1ccccc1N. The van der Waals surface area contributed by atoms with Crippen molar-refractivity contribution in [2.45, 2.75) is 18.6 Å². The Labute approximate surface area is 97.8 Å². The number of para-hydroxylation sites is 1. The molecule has 0 fully saturated rings. The number of anilines is 1. The van der Waals surface area contributed by atoms with Crippen molar-refractivity contribution >= 4 is 17.4 Å². The molecule has 0 aliphatic rings. The largest absolute Gasteiger partial charge is 0.479 e. The van der Waals surface area contributed by atoms with Gasteiger partial charge in [-0.15, -0.1) is 0 Å². The molecule has 0 aromatic heterocycles. The molecule has 0 bridgehead atoms. The minimum Gasteiger partial charge on any atom is -0.479 e. The van der Waals surface area contributed by atoms with E-state index in [-0.39, 0.29) is 11.3 Å². The van der Waals surface area contributed by atoms with Gasteiger partial charge in [0.25, 0.3) is 0 Å². The van der Waals surface area contributed by atoms with Gasteiger partial charge >= 0.3 is 5.97 Å². The Morgan fingerprint density at radius 2 is 1.88 bits per heavy atom. The number of benzene rings is 1. The number of Topliss-reactive ketones (excluding diaryl/α,β-unsaturated/α-hetero) is 1. The lowest BCUT2D eigenvalue weighted by atomic mass is 9.85. The second kappa shape index (κ2) is 4.52. The molecule has 6 heteroatoms. The molecule has 2 atom stereocenters. The molecule has 2 unspecified atom stereocenters. The van der Waals surface area contributed by atoms with Gasteiger partial charge in [-0.3, -0.25) is 4.79 Å². The number of aliphatic carboxylic acids is 1. The highest BCUT2D eigenvalue weighted by atomic mass is 16.4. The van der Waals surface area contributed by atoms with Gasteiger partial charge in [0.15, 0.2) is 5.78 Å². The van der Waals surface area contributed by atoms with Crippen LogP contribution in [0.5, 0.6) is 0 Å². The van der Waals surface area contributed by atoms with Crippen LogP contribution in [-0.4, -0.2) is 33.6 Å². The van der Waals surface area contributed by atoms with Gasteiger partial charge < -0.3 is 21.7 Å². The van der Waals surface area contributed by atoms with E-state index in [1.54, 1.807) is 6.07 Å². The Kier molecular flexibility index (Phi) is 3.50. The molecular weight excluding hydrogens is 224 g/mol. The topological polar surface area (TPSA) is 127 Å². The lowest BCUT2D eigenvalue weighted by Gasteiger charge is -2.26. The Bertz CT molecular complexity index is 459. The molecule has 0 amide bonds. The zero-order valence-corrected chi connectivity index (χ0v) is 9.25. The van der Waals surface area contributed by atoms with Gasteiger partial charge in [-0.05, 0) is 19.1 Å². The summed E-state index contributed by atoms with van der Waals surface area (Å²) in [6.07, 6.45) is -1.54. The Hall–Kier alpha value is -1.92. The van der Waals surface area contributed by atoms with Gasteiger partial charge in [0, 0.05) is 11.3 Å². The Morgan fingerprint density at radius 3 is 2.29 bits per heavy atom. The van der Waals surface area contributed by atoms with Crippen LogP contribution in [0.4, 0.5) is 5.69 Å². The van der Waals surface area contributed by atoms with Gasteiger partial charge in [0.1, 0.15) is 0 Å². The lowest BCUT2D eigenvalue weighted by Crippen LogP contribution is -2.62. The van der Waals surface area contributed by atoms with Crippen molar-refractivity contribution in [1.82, 2.24) is 0 Å². The first-order chi connectivity index (χ1) is 7.81. The molecule has 0 aliphatic heterocycles. The smallest absolute Gasteiger partial charge is 0.334 e. The number of carbonyl (C=O) groups excluding carboxylic acids is 1. The van der Waals surface area contributed by atoms with Gasteiger partial charge in [-0.2, -0.15) is 0 Å². The molecule has 1 aromatic rings. The summed E-state index contributed by atoms with van der Waals surface area (Å²) in [6, 6.07) is 5.96. The number of rotatable bonds is 4.